The molecule has 8 heteroatoms. The van der Waals surface area contributed by atoms with Crippen molar-refractivity contribution in [3.05, 3.63) is 0 Å². The third kappa shape index (κ3) is 2.62. The summed E-state index contributed by atoms with van der Waals surface area (Å²) in [6.07, 6.45) is -8.78. The molecule has 4 aliphatic rings. The van der Waals surface area contributed by atoms with Crippen LogP contribution in [0.15, 0.2) is 0 Å². The Morgan fingerprint density at radius 1 is 0.815 bits per heavy atom. The van der Waals surface area contributed by atoms with Crippen LogP contribution in [-0.4, -0.2) is 23.1 Å². The molecular formula is C19H26F6OY. The normalized spacial score (nSPS) is 45.1. The Balaban J connectivity index is 0.00000210. The van der Waals surface area contributed by atoms with Gasteiger partial charge >= 0.3 is 12.4 Å². The molecule has 4 rings (SSSR count). The first-order valence-electron chi connectivity index (χ1n) is 9.51. The van der Waals surface area contributed by atoms with E-state index in [4.69, 9.17) is 0 Å². The van der Waals surface area contributed by atoms with E-state index in [9.17, 15) is 31.4 Å². The van der Waals surface area contributed by atoms with Crippen LogP contribution in [0, 0.1) is 46.3 Å². The smallest absolute Gasteiger partial charge is 0.374 e. The second-order valence-electron chi connectivity index (χ2n) is 10.1. The van der Waals surface area contributed by atoms with Crippen LogP contribution in [0.4, 0.5) is 26.3 Å². The van der Waals surface area contributed by atoms with Gasteiger partial charge in [0.1, 0.15) is 0 Å². The fraction of sp³-hybridized carbons (Fsp3) is 1.00. The van der Waals surface area contributed by atoms with Crippen molar-refractivity contribution < 1.29 is 64.2 Å². The Kier molecular flexibility index (Phi) is 5.04. The van der Waals surface area contributed by atoms with Gasteiger partial charge in [0.25, 0.3) is 5.60 Å². The minimum absolute atomic E-state index is 0. The van der Waals surface area contributed by atoms with E-state index >= 15 is 0 Å². The van der Waals surface area contributed by atoms with E-state index in [0.717, 1.165) is 19.3 Å². The molecule has 0 aromatic heterocycles. The molecule has 0 saturated heterocycles. The van der Waals surface area contributed by atoms with Gasteiger partial charge in [-0.05, 0) is 72.0 Å². The minimum atomic E-state index is -5.74. The van der Waals surface area contributed by atoms with Crippen LogP contribution in [0.1, 0.15) is 52.9 Å². The van der Waals surface area contributed by atoms with Gasteiger partial charge in [0.2, 0.25) is 0 Å². The van der Waals surface area contributed by atoms with E-state index in [1.54, 1.807) is 6.92 Å². The predicted molar refractivity (Wildman–Crippen MR) is 83.0 cm³/mol. The summed E-state index contributed by atoms with van der Waals surface area (Å²) in [6.45, 7) is 5.22. The third-order valence-electron chi connectivity index (χ3n) is 9.26. The Morgan fingerprint density at radius 3 is 1.70 bits per heavy atom. The molecule has 0 heterocycles. The maximum atomic E-state index is 13.4. The zero-order valence-corrected chi connectivity index (χ0v) is 18.6. The van der Waals surface area contributed by atoms with E-state index in [1.165, 1.54) is 0 Å². The molecule has 0 spiro atoms. The quantitative estimate of drug-likeness (QED) is 0.411. The van der Waals surface area contributed by atoms with Gasteiger partial charge in [-0.1, -0.05) is 20.8 Å². The van der Waals surface area contributed by atoms with Gasteiger partial charge in [-0.15, -0.1) is 0 Å². The molecule has 4 bridgehead atoms. The van der Waals surface area contributed by atoms with Crippen LogP contribution in [0.5, 0.6) is 0 Å². The summed E-state index contributed by atoms with van der Waals surface area (Å²) in [5, 5.41) is 9.89. The standard InChI is InChI=1S/C19H26F6O.Y/c1-15(2)11-7-12(14-10-5-4-9(6-10)13(11)14)16(15,3)8-17(26,18(20,21)22)19(23,24)25;/h9-14,26H,4-8H2,1-3H3;. The topological polar surface area (TPSA) is 20.2 Å². The number of aliphatic hydroxyl groups is 1. The van der Waals surface area contributed by atoms with E-state index in [1.807, 2.05) is 13.8 Å². The first-order valence-corrected chi connectivity index (χ1v) is 9.51. The molecule has 27 heavy (non-hydrogen) atoms. The van der Waals surface area contributed by atoms with Crippen molar-refractivity contribution in [2.45, 2.75) is 70.8 Å². The van der Waals surface area contributed by atoms with Gasteiger partial charge < -0.3 is 5.11 Å². The van der Waals surface area contributed by atoms with Crippen LogP contribution in [0.3, 0.4) is 0 Å². The van der Waals surface area contributed by atoms with Gasteiger partial charge in [0.15, 0.2) is 0 Å². The molecule has 7 unspecified atom stereocenters. The number of hydrogen-bond acceptors (Lipinski definition) is 1. The van der Waals surface area contributed by atoms with Gasteiger partial charge in [-0.3, -0.25) is 0 Å². The number of halogens is 6. The summed E-state index contributed by atoms with van der Waals surface area (Å²) in [6, 6.07) is 0. The molecule has 0 aromatic carbocycles. The first kappa shape index (κ1) is 22.3. The third-order valence-corrected chi connectivity index (χ3v) is 9.26. The molecule has 7 atom stereocenters. The van der Waals surface area contributed by atoms with Gasteiger partial charge in [-0.25, -0.2) is 0 Å². The van der Waals surface area contributed by atoms with Crippen molar-refractivity contribution >= 4 is 0 Å². The molecule has 153 valence electrons. The van der Waals surface area contributed by atoms with Crippen molar-refractivity contribution in [2.24, 2.45) is 46.3 Å². The van der Waals surface area contributed by atoms with Crippen molar-refractivity contribution in [3.63, 3.8) is 0 Å². The van der Waals surface area contributed by atoms with Crippen LogP contribution in [0.25, 0.3) is 0 Å². The Hall–Kier alpha value is 0.644. The second kappa shape index (κ2) is 6.09. The van der Waals surface area contributed by atoms with Gasteiger partial charge in [0, 0.05) is 39.1 Å². The van der Waals surface area contributed by atoms with Crippen LogP contribution in [-0.2, 0) is 32.7 Å². The molecule has 0 amide bonds. The van der Waals surface area contributed by atoms with Crippen molar-refractivity contribution in [2.75, 3.05) is 0 Å². The average molecular weight is 473 g/mol. The van der Waals surface area contributed by atoms with Crippen LogP contribution >= 0.6 is 0 Å². The molecule has 4 saturated carbocycles. The molecule has 0 aromatic rings. The summed E-state index contributed by atoms with van der Waals surface area (Å²) in [4.78, 5) is 0. The van der Waals surface area contributed by atoms with Gasteiger partial charge in [-0.2, -0.15) is 26.3 Å². The maximum absolute atomic E-state index is 13.4. The summed E-state index contributed by atoms with van der Waals surface area (Å²) in [5.74, 6) is 1.71. The summed E-state index contributed by atoms with van der Waals surface area (Å²) in [7, 11) is 0. The molecule has 1 nitrogen and oxygen atoms in total. The molecule has 4 fully saturated rings. The predicted octanol–water partition coefficient (Wildman–Crippen LogP) is 5.57. The fourth-order valence-corrected chi connectivity index (χ4v) is 7.78. The average Bonchev–Trinajstić information content (AvgIpc) is 3.17. The Morgan fingerprint density at radius 2 is 1.26 bits per heavy atom. The number of alkyl halides is 6. The van der Waals surface area contributed by atoms with E-state index in [-0.39, 0.29) is 50.5 Å². The molecule has 4 aliphatic carbocycles. The Labute approximate surface area is 180 Å². The number of hydrogen-bond donors (Lipinski definition) is 1. The van der Waals surface area contributed by atoms with E-state index in [0.29, 0.717) is 24.2 Å². The fourth-order valence-electron chi connectivity index (χ4n) is 7.78. The minimum Gasteiger partial charge on any atom is -0.374 e. The Bertz CT molecular complexity index is 600. The number of fused-ring (bicyclic) bond motifs is 9. The molecule has 1 radical (unpaired) electrons. The van der Waals surface area contributed by atoms with Crippen molar-refractivity contribution in [1.29, 1.82) is 0 Å². The zero-order valence-electron chi connectivity index (χ0n) is 15.8. The van der Waals surface area contributed by atoms with E-state index < -0.39 is 35.2 Å². The SMILES string of the molecule is CC1(C)C2CC(C3C4CCC(C4)C32)C1(C)CC(O)(C(F)(F)F)C(F)(F)F.[Y]. The molecule has 0 aliphatic heterocycles. The summed E-state index contributed by atoms with van der Waals surface area (Å²) in [5.41, 5.74) is -6.50. The monoisotopic (exact) mass is 473 g/mol. The van der Waals surface area contributed by atoms with Crippen molar-refractivity contribution in [3.8, 4) is 0 Å². The maximum Gasteiger partial charge on any atom is 0.426 e. The second-order valence-corrected chi connectivity index (χ2v) is 10.1. The number of rotatable bonds is 2. The van der Waals surface area contributed by atoms with Crippen LogP contribution < -0.4 is 0 Å². The van der Waals surface area contributed by atoms with Crippen molar-refractivity contribution in [1.82, 2.24) is 0 Å². The summed E-state index contributed by atoms with van der Waals surface area (Å²) >= 11 is 0. The van der Waals surface area contributed by atoms with Gasteiger partial charge in [0.05, 0.1) is 0 Å². The van der Waals surface area contributed by atoms with Crippen LogP contribution in [0.2, 0.25) is 0 Å². The largest absolute Gasteiger partial charge is 0.426 e. The zero-order chi connectivity index (χ0) is 19.5. The molecule has 1 N–H and O–H groups in total. The first-order chi connectivity index (χ1) is 11.7. The van der Waals surface area contributed by atoms with E-state index in [2.05, 4.69) is 0 Å². The molecular weight excluding hydrogens is 447 g/mol. The summed E-state index contributed by atoms with van der Waals surface area (Å²) < 4.78 is 80.2.